The van der Waals surface area contributed by atoms with E-state index in [-0.39, 0.29) is 11.7 Å². The molecule has 0 aliphatic heterocycles. The minimum Gasteiger partial charge on any atom is -0.366 e. The van der Waals surface area contributed by atoms with E-state index >= 15 is 0 Å². The van der Waals surface area contributed by atoms with E-state index in [1.165, 1.54) is 23.1 Å². The largest absolute Gasteiger partial charge is 0.366 e. The van der Waals surface area contributed by atoms with Gasteiger partial charge in [-0.3, -0.25) is 9.59 Å². The van der Waals surface area contributed by atoms with Gasteiger partial charge in [0, 0.05) is 17.3 Å². The Morgan fingerprint density at radius 1 is 1.43 bits per heavy atom. The molecule has 0 aromatic carbocycles. The van der Waals surface area contributed by atoms with Gasteiger partial charge >= 0.3 is 0 Å². The van der Waals surface area contributed by atoms with Gasteiger partial charge in [-0.15, -0.1) is 11.3 Å². The van der Waals surface area contributed by atoms with E-state index < -0.39 is 5.91 Å². The van der Waals surface area contributed by atoms with E-state index in [4.69, 9.17) is 5.73 Å². The van der Waals surface area contributed by atoms with Gasteiger partial charge in [0.15, 0.2) is 5.13 Å². The number of carbonyl (C=O) groups is 2. The molecule has 2 heterocycles. The molecule has 2 amide bonds. The normalized spacial score (nSPS) is 10.4. The molecule has 0 aliphatic carbocycles. The summed E-state index contributed by atoms with van der Waals surface area (Å²) >= 11 is 2.53. The maximum absolute atomic E-state index is 11.8. The van der Waals surface area contributed by atoms with E-state index in [9.17, 15) is 9.59 Å². The number of primary amides is 1. The van der Waals surface area contributed by atoms with Crippen molar-refractivity contribution in [3.8, 4) is 0 Å². The van der Waals surface area contributed by atoms with Crippen LogP contribution in [0.4, 0.5) is 5.13 Å². The van der Waals surface area contributed by atoms with Crippen LogP contribution in [0.2, 0.25) is 0 Å². The molecule has 3 N–H and O–H groups in total. The minimum absolute atomic E-state index is 0.135. The molecule has 0 radical (unpaired) electrons. The summed E-state index contributed by atoms with van der Waals surface area (Å²) in [5, 5.41) is 5.48. The molecule has 0 aliphatic rings. The molecule has 2 aromatic rings. The highest BCUT2D eigenvalue weighted by Gasteiger charge is 2.16. The van der Waals surface area contributed by atoms with E-state index in [2.05, 4.69) is 15.3 Å². The van der Waals surface area contributed by atoms with Crippen molar-refractivity contribution in [1.29, 1.82) is 0 Å². The topological polar surface area (TPSA) is 98.0 Å². The van der Waals surface area contributed by atoms with Crippen LogP contribution >= 0.6 is 23.1 Å². The lowest BCUT2D eigenvalue weighted by Crippen LogP contribution is -2.17. The summed E-state index contributed by atoms with van der Waals surface area (Å²) in [5.74, 6) is -0.607. The fourth-order valence-corrected chi connectivity index (χ4v) is 3.28. The molecular formula is C13H14N4O2S2. The quantitative estimate of drug-likeness (QED) is 0.820. The van der Waals surface area contributed by atoms with Crippen molar-refractivity contribution in [2.75, 3.05) is 11.1 Å². The van der Waals surface area contributed by atoms with Gasteiger partial charge in [-0.1, -0.05) is 11.8 Å². The van der Waals surface area contributed by atoms with Gasteiger partial charge in [-0.05, 0) is 25.5 Å². The van der Waals surface area contributed by atoms with Crippen LogP contribution in [0.1, 0.15) is 21.6 Å². The fourth-order valence-electron chi connectivity index (χ4n) is 1.78. The number of anilines is 1. The van der Waals surface area contributed by atoms with E-state index in [1.807, 2.05) is 6.92 Å². The van der Waals surface area contributed by atoms with E-state index in [0.29, 0.717) is 15.7 Å². The maximum Gasteiger partial charge on any atom is 0.251 e. The molecule has 2 aromatic heterocycles. The molecule has 2 rings (SSSR count). The Morgan fingerprint density at radius 3 is 2.81 bits per heavy atom. The first kappa shape index (κ1) is 15.5. The Hall–Kier alpha value is -1.93. The zero-order chi connectivity index (χ0) is 15.4. The number of nitrogens with one attached hydrogen (secondary N) is 1. The SMILES string of the molecule is Cc1cc(C)c(C(N)=O)c(SCC(=O)Nc2nccs2)n1. The van der Waals surface area contributed by atoms with Gasteiger partial charge in [-0.2, -0.15) is 0 Å². The number of hydrogen-bond donors (Lipinski definition) is 2. The molecular weight excluding hydrogens is 308 g/mol. The second-order valence-electron chi connectivity index (χ2n) is 4.30. The number of hydrogen-bond acceptors (Lipinski definition) is 6. The maximum atomic E-state index is 11.8. The van der Waals surface area contributed by atoms with E-state index in [0.717, 1.165) is 11.3 Å². The van der Waals surface area contributed by atoms with Gasteiger partial charge in [0.2, 0.25) is 5.91 Å². The Kier molecular flexibility index (Phi) is 4.92. The number of aromatic nitrogens is 2. The molecule has 0 atom stereocenters. The Labute approximate surface area is 130 Å². The average Bonchev–Trinajstić information content (AvgIpc) is 2.87. The van der Waals surface area contributed by atoms with Gasteiger partial charge < -0.3 is 11.1 Å². The predicted molar refractivity (Wildman–Crippen MR) is 83.7 cm³/mol. The smallest absolute Gasteiger partial charge is 0.251 e. The van der Waals surface area contributed by atoms with Gasteiger partial charge in [-0.25, -0.2) is 9.97 Å². The molecule has 0 spiro atoms. The highest BCUT2D eigenvalue weighted by atomic mass is 32.2. The van der Waals surface area contributed by atoms with Crippen LogP contribution < -0.4 is 11.1 Å². The van der Waals surface area contributed by atoms with Crippen LogP contribution in [0.5, 0.6) is 0 Å². The van der Waals surface area contributed by atoms with Crippen LogP contribution in [0.25, 0.3) is 0 Å². The van der Waals surface area contributed by atoms with Crippen LogP contribution in [0, 0.1) is 13.8 Å². The van der Waals surface area contributed by atoms with Gasteiger partial charge in [0.1, 0.15) is 5.03 Å². The second kappa shape index (κ2) is 6.68. The molecule has 6 nitrogen and oxygen atoms in total. The molecule has 21 heavy (non-hydrogen) atoms. The standard InChI is InChI=1S/C13H14N4O2S2/c1-7-5-8(2)16-12(10(7)11(14)19)21-6-9(18)17-13-15-3-4-20-13/h3-5H,6H2,1-2H3,(H2,14,19)(H,15,17,18). The molecule has 110 valence electrons. The summed E-state index contributed by atoms with van der Waals surface area (Å²) in [6.45, 7) is 3.63. The summed E-state index contributed by atoms with van der Waals surface area (Å²) in [4.78, 5) is 31.6. The van der Waals surface area contributed by atoms with Gasteiger partial charge in [0.25, 0.3) is 5.91 Å². The second-order valence-corrected chi connectivity index (χ2v) is 6.16. The number of rotatable bonds is 5. The predicted octanol–water partition coefficient (Wildman–Crippen LogP) is 1.98. The van der Waals surface area contributed by atoms with E-state index in [1.54, 1.807) is 24.6 Å². The lowest BCUT2D eigenvalue weighted by atomic mass is 10.1. The Bertz CT molecular complexity index is 671. The number of aryl methyl sites for hydroxylation is 2. The first-order chi connectivity index (χ1) is 9.97. The number of thiazole rings is 1. The van der Waals surface area contributed by atoms with Crippen molar-refractivity contribution in [3.63, 3.8) is 0 Å². The Balaban J connectivity index is 2.09. The first-order valence-corrected chi connectivity index (χ1v) is 7.94. The minimum atomic E-state index is -0.539. The molecule has 0 saturated carbocycles. The summed E-state index contributed by atoms with van der Waals surface area (Å²) in [7, 11) is 0. The summed E-state index contributed by atoms with van der Waals surface area (Å²) in [5.41, 5.74) is 7.29. The summed E-state index contributed by atoms with van der Waals surface area (Å²) < 4.78 is 0. The lowest BCUT2D eigenvalue weighted by molar-refractivity contribution is -0.113. The molecule has 0 unspecified atom stereocenters. The van der Waals surface area contributed by atoms with Crippen molar-refractivity contribution in [3.05, 3.63) is 34.5 Å². The van der Waals surface area contributed by atoms with Crippen molar-refractivity contribution < 1.29 is 9.59 Å². The Morgan fingerprint density at radius 2 is 2.19 bits per heavy atom. The summed E-state index contributed by atoms with van der Waals surface area (Å²) in [6.07, 6.45) is 1.62. The average molecular weight is 322 g/mol. The van der Waals surface area contributed by atoms with Crippen molar-refractivity contribution in [1.82, 2.24) is 9.97 Å². The molecule has 8 heteroatoms. The van der Waals surface area contributed by atoms with Crippen molar-refractivity contribution in [2.45, 2.75) is 18.9 Å². The summed E-state index contributed by atoms with van der Waals surface area (Å²) in [6, 6.07) is 1.79. The highest BCUT2D eigenvalue weighted by molar-refractivity contribution is 8.00. The van der Waals surface area contributed by atoms with Gasteiger partial charge in [0.05, 0.1) is 11.3 Å². The van der Waals surface area contributed by atoms with Crippen LogP contribution in [-0.4, -0.2) is 27.5 Å². The third kappa shape index (κ3) is 4.02. The number of nitrogens with two attached hydrogens (primary N) is 1. The third-order valence-corrected chi connectivity index (χ3v) is 4.24. The zero-order valence-electron chi connectivity index (χ0n) is 11.5. The monoisotopic (exact) mass is 322 g/mol. The number of carbonyl (C=O) groups excluding carboxylic acids is 2. The third-order valence-electron chi connectivity index (χ3n) is 2.58. The van der Waals surface area contributed by atoms with Crippen molar-refractivity contribution in [2.24, 2.45) is 5.73 Å². The molecule has 0 saturated heterocycles. The number of nitrogens with zero attached hydrogens (tertiary/aromatic N) is 2. The van der Waals surface area contributed by atoms with Crippen LogP contribution in [0.3, 0.4) is 0 Å². The lowest BCUT2D eigenvalue weighted by Gasteiger charge is -2.09. The number of pyridine rings is 1. The number of amides is 2. The highest BCUT2D eigenvalue weighted by Crippen LogP contribution is 2.24. The van der Waals surface area contributed by atoms with Crippen LogP contribution in [-0.2, 0) is 4.79 Å². The molecule has 0 fully saturated rings. The van der Waals surface area contributed by atoms with Crippen molar-refractivity contribution >= 4 is 40.0 Å². The zero-order valence-corrected chi connectivity index (χ0v) is 13.2. The van der Waals surface area contributed by atoms with Crippen LogP contribution in [0.15, 0.2) is 22.7 Å². The fraction of sp³-hybridized carbons (Fsp3) is 0.231. The first-order valence-electron chi connectivity index (χ1n) is 6.07. The number of thioether (sulfide) groups is 1. The molecule has 0 bridgehead atoms.